The van der Waals surface area contributed by atoms with Crippen LogP contribution in [0.3, 0.4) is 0 Å². The van der Waals surface area contributed by atoms with Crippen LogP contribution in [0.15, 0.2) is 53.1 Å². The number of nitrogen functional groups attached to an aromatic ring is 1. The first kappa shape index (κ1) is 49.5. The first-order chi connectivity index (χ1) is 22.1. The predicted molar refractivity (Wildman–Crippen MR) is 198 cm³/mol. The van der Waals surface area contributed by atoms with Crippen LogP contribution in [0.4, 0.5) is 16.2 Å². The average Bonchev–Trinajstić information content (AvgIpc) is 3.50. The van der Waals surface area contributed by atoms with E-state index in [0.29, 0.717) is 15.3 Å². The number of hydrogen-bond donors (Lipinski definition) is 3. The molecule has 272 valence electrons. The number of benzene rings is 2. The molecular weight excluding hydrogens is 785 g/mol. The van der Waals surface area contributed by atoms with Gasteiger partial charge in [-0.15, -0.1) is 28.1 Å². The van der Waals surface area contributed by atoms with Crippen LogP contribution in [0, 0.1) is 4.91 Å². The second-order valence-electron chi connectivity index (χ2n) is 8.57. The van der Waals surface area contributed by atoms with Gasteiger partial charge in [0.2, 0.25) is 0 Å². The van der Waals surface area contributed by atoms with Crippen LogP contribution in [-0.2, 0) is 37.0 Å². The smallest absolute Gasteiger partial charge is 0.425 e. The highest BCUT2D eigenvalue weighted by Gasteiger charge is 2.33. The van der Waals surface area contributed by atoms with E-state index in [1.807, 2.05) is 31.2 Å². The van der Waals surface area contributed by atoms with E-state index in [1.54, 1.807) is 18.2 Å². The van der Waals surface area contributed by atoms with E-state index in [9.17, 15) is 21.6 Å². The van der Waals surface area contributed by atoms with Gasteiger partial charge < -0.3 is 20.5 Å². The number of hydrogen-bond acceptors (Lipinski definition) is 10. The van der Waals surface area contributed by atoms with Crippen molar-refractivity contribution in [1.29, 1.82) is 0 Å². The summed E-state index contributed by atoms with van der Waals surface area (Å²) in [5.41, 5.74) is 9.14. The molecule has 2 aromatic carbocycles. The maximum atomic E-state index is 11.9. The van der Waals surface area contributed by atoms with Gasteiger partial charge in [0, 0.05) is 21.7 Å². The summed E-state index contributed by atoms with van der Waals surface area (Å²) in [6.07, 6.45) is 1.03. The minimum absolute atomic E-state index is 0.0433. The Labute approximate surface area is 302 Å². The van der Waals surface area contributed by atoms with Gasteiger partial charge in [0.05, 0.1) is 28.8 Å². The van der Waals surface area contributed by atoms with Crippen molar-refractivity contribution in [3.8, 4) is 0 Å². The summed E-state index contributed by atoms with van der Waals surface area (Å²) in [7, 11) is -3.79. The summed E-state index contributed by atoms with van der Waals surface area (Å²) >= 11 is 12.5. The molecule has 1 aliphatic heterocycles. The molecule has 2 aromatic rings. The van der Waals surface area contributed by atoms with Gasteiger partial charge in [-0.05, 0) is 67.9 Å². The molecule has 1 saturated heterocycles. The Hall–Kier alpha value is -1.92. The van der Waals surface area contributed by atoms with E-state index >= 15 is 0 Å². The van der Waals surface area contributed by atoms with E-state index in [4.69, 9.17) is 38.9 Å². The minimum atomic E-state index is -4.12. The number of nitrogens with one attached hydrogen (secondary N) is 1. The Kier molecular flexibility index (Phi) is 31.7. The molecule has 3 rings (SSSR count). The van der Waals surface area contributed by atoms with Crippen LogP contribution >= 0.6 is 49.8 Å². The summed E-state index contributed by atoms with van der Waals surface area (Å²) < 4.78 is 51.6. The van der Waals surface area contributed by atoms with Crippen LogP contribution in [0.25, 0.3) is 0 Å². The topological polar surface area (TPSA) is 189 Å². The molecule has 4 N–H and O–H groups in total. The Morgan fingerprint density at radius 2 is 1.43 bits per heavy atom. The summed E-state index contributed by atoms with van der Waals surface area (Å²) in [5, 5.41) is 8.71. The molecule has 0 spiro atoms. The maximum absolute atomic E-state index is 11.9. The number of nitrogens with two attached hydrogens (primary N) is 1. The van der Waals surface area contributed by atoms with Gasteiger partial charge in [-0.3, -0.25) is 4.72 Å². The lowest BCUT2D eigenvalue weighted by Gasteiger charge is -2.15. The Bertz CT molecular complexity index is 1310. The number of nitrogens with zero attached hydrogens (tertiary/aromatic N) is 3. The zero-order chi connectivity index (χ0) is 36.9. The first-order valence-corrected chi connectivity index (χ1v) is 20.2. The zero-order valence-electron chi connectivity index (χ0n) is 27.2. The van der Waals surface area contributed by atoms with Crippen molar-refractivity contribution in [3.05, 3.63) is 64.6 Å². The summed E-state index contributed by atoms with van der Waals surface area (Å²) in [6.45, 7) is 14.6. The molecule has 1 aliphatic rings. The standard InChI is InChI=1S/C11H14N2O4S.C8H11N.C6H15N.C2H5BrO.CH2Cl2.ClNO3S/c1-2-9-4-3-5-10(8-9)12-18(15,16)13-6-7-17-11(13)14;1-2-7-4-3-5-8(9)6-7;1-4-7(5-2)6-3;3-1-2-4;2-1-3;1-6(4,5)2-3/h3-5,8,12H,2,6-7H2,1H3;3-6H,2,9H2,1H3;4-6H2,1-3H3;4H,1-2H2;1H2;. The van der Waals surface area contributed by atoms with Crippen LogP contribution in [0.2, 0.25) is 0 Å². The highest BCUT2D eigenvalue weighted by atomic mass is 79.9. The first-order valence-electron chi connectivity index (χ1n) is 14.3. The number of aliphatic hydroxyl groups is 1. The van der Waals surface area contributed by atoms with Crippen molar-refractivity contribution in [3.63, 3.8) is 0 Å². The van der Waals surface area contributed by atoms with Crippen molar-refractivity contribution < 1.29 is 31.5 Å². The lowest BCUT2D eigenvalue weighted by Crippen LogP contribution is -2.36. The van der Waals surface area contributed by atoms with Crippen molar-refractivity contribution >= 4 is 86.7 Å². The summed E-state index contributed by atoms with van der Waals surface area (Å²) in [5.74, 6) is 0. The second-order valence-corrected chi connectivity index (χ2v) is 13.9. The normalized spacial score (nSPS) is 11.7. The van der Waals surface area contributed by atoms with Gasteiger partial charge in [0.1, 0.15) is 6.61 Å². The number of rotatable bonds is 10. The number of nitroso groups, excluding NO2 is 1. The van der Waals surface area contributed by atoms with Crippen LogP contribution in [0.5, 0.6) is 0 Å². The number of aliphatic hydroxyl groups excluding tert-OH is 1. The second kappa shape index (κ2) is 30.2. The molecule has 0 atom stereocenters. The fraction of sp³-hybridized carbons (Fsp3) is 0.536. The van der Waals surface area contributed by atoms with Crippen molar-refractivity contribution in [2.45, 2.75) is 47.5 Å². The highest BCUT2D eigenvalue weighted by Crippen LogP contribution is 2.17. The number of amides is 1. The lowest BCUT2D eigenvalue weighted by molar-refractivity contribution is 0.170. The van der Waals surface area contributed by atoms with E-state index in [0.717, 1.165) is 24.1 Å². The summed E-state index contributed by atoms with van der Waals surface area (Å²) in [6, 6.07) is 15.0. The van der Waals surface area contributed by atoms with Gasteiger partial charge in [-0.1, -0.05) is 74.8 Å². The van der Waals surface area contributed by atoms with Crippen LogP contribution in [0.1, 0.15) is 45.7 Å². The molecule has 0 aromatic heterocycles. The molecule has 0 unspecified atom stereocenters. The predicted octanol–water partition coefficient (Wildman–Crippen LogP) is 6.57. The molecule has 0 saturated carbocycles. The molecule has 13 nitrogen and oxygen atoms in total. The van der Waals surface area contributed by atoms with Gasteiger partial charge in [0.15, 0.2) is 0 Å². The number of alkyl halides is 3. The Morgan fingerprint density at radius 1 is 0.979 bits per heavy atom. The fourth-order valence-electron chi connectivity index (χ4n) is 3.14. The molecule has 19 heteroatoms. The molecule has 1 fully saturated rings. The van der Waals surface area contributed by atoms with Crippen molar-refractivity contribution in [1.82, 2.24) is 9.21 Å². The quantitative estimate of drug-likeness (QED) is 0.102. The third kappa shape index (κ3) is 27.7. The number of halogens is 4. The number of cyclic esters (lactones) is 1. The molecule has 0 aliphatic carbocycles. The van der Waals surface area contributed by atoms with Gasteiger partial charge in [0.25, 0.3) is 0 Å². The number of carbonyl (C=O) groups is 1. The van der Waals surface area contributed by atoms with Gasteiger partial charge >= 0.3 is 25.5 Å². The monoisotopic (exact) mass is 829 g/mol. The number of carbonyl (C=O) groups excluding carboxylic acids is 1. The SMILES string of the molecule is CCN(CC)CC.CCc1cccc(N)c1.CCc1cccc(NS(=O)(=O)N2CCOC2=O)c1.ClCCl.O=NS(=O)(=O)Cl.OCCBr. The zero-order valence-corrected chi connectivity index (χ0v) is 32.7. The van der Waals surface area contributed by atoms with Gasteiger partial charge in [-0.2, -0.15) is 21.1 Å². The Balaban J connectivity index is -0.000000563. The van der Waals surface area contributed by atoms with Crippen molar-refractivity contribution in [2.75, 3.05) is 60.5 Å². The molecule has 47 heavy (non-hydrogen) atoms. The number of aryl methyl sites for hydroxylation is 2. The van der Waals surface area contributed by atoms with Crippen LogP contribution < -0.4 is 10.5 Å². The van der Waals surface area contributed by atoms with Crippen molar-refractivity contribution in [2.24, 2.45) is 4.58 Å². The Morgan fingerprint density at radius 3 is 1.72 bits per heavy atom. The molecule has 1 heterocycles. The van der Waals surface area contributed by atoms with E-state index in [1.165, 1.54) is 29.8 Å². The van der Waals surface area contributed by atoms with Crippen LogP contribution in [-0.4, -0.2) is 87.3 Å². The van der Waals surface area contributed by atoms with Gasteiger partial charge in [-0.25, -0.2) is 4.79 Å². The molecule has 1 amide bonds. The number of anilines is 2. The average molecular weight is 832 g/mol. The molecule has 0 bridgehead atoms. The van der Waals surface area contributed by atoms with E-state index in [-0.39, 0.29) is 25.1 Å². The maximum Gasteiger partial charge on any atom is 0.425 e. The third-order valence-corrected chi connectivity index (χ3v) is 7.58. The fourth-order valence-corrected chi connectivity index (χ4v) is 4.24. The lowest BCUT2D eigenvalue weighted by atomic mass is 10.1. The van der Waals surface area contributed by atoms with E-state index in [2.05, 4.69) is 74.7 Å². The third-order valence-electron chi connectivity index (χ3n) is 5.47. The largest absolute Gasteiger partial charge is 0.447 e. The number of ether oxygens (including phenoxy) is 1. The molecular formula is C28H47BrCl3N5O8S2. The summed E-state index contributed by atoms with van der Waals surface area (Å²) in [4.78, 5) is 22.5. The van der Waals surface area contributed by atoms with E-state index < -0.39 is 25.5 Å². The minimum Gasteiger partial charge on any atom is -0.447 e. The molecule has 0 radical (unpaired) electrons. The highest BCUT2D eigenvalue weighted by molar-refractivity contribution is 9.09.